The number of ether oxygens (including phenoxy) is 3. The third-order valence-corrected chi connectivity index (χ3v) is 4.32. The van der Waals surface area contributed by atoms with Crippen LogP contribution in [0.4, 0.5) is 0 Å². The molecule has 0 saturated carbocycles. The van der Waals surface area contributed by atoms with Gasteiger partial charge in [-0.2, -0.15) is 0 Å². The van der Waals surface area contributed by atoms with Crippen molar-refractivity contribution < 1.29 is 22.6 Å². The summed E-state index contributed by atoms with van der Waals surface area (Å²) in [4.78, 5) is 0. The van der Waals surface area contributed by atoms with Crippen molar-refractivity contribution in [2.45, 2.75) is 6.54 Å². The highest BCUT2D eigenvalue weighted by Gasteiger charge is 2.12. The fraction of sp³-hybridized carbons (Fsp3) is 0.538. The highest BCUT2D eigenvalue weighted by Crippen LogP contribution is 2.34. The van der Waals surface area contributed by atoms with Crippen LogP contribution in [0, 0.1) is 0 Å². The van der Waals surface area contributed by atoms with E-state index in [0.29, 0.717) is 30.3 Å². The Morgan fingerprint density at radius 2 is 1.57 bits per heavy atom. The molecule has 1 aromatic carbocycles. The van der Waals surface area contributed by atoms with Gasteiger partial charge in [0.1, 0.15) is 5.75 Å². The Morgan fingerprint density at radius 3 is 2.10 bits per heavy atom. The monoisotopic (exact) mass is 318 g/mol. The highest BCUT2D eigenvalue weighted by molar-refractivity contribution is 7.89. The quantitative estimate of drug-likeness (QED) is 0.639. The van der Waals surface area contributed by atoms with E-state index in [1.165, 1.54) is 7.05 Å². The van der Waals surface area contributed by atoms with Crippen molar-refractivity contribution in [3.05, 3.63) is 17.7 Å². The van der Waals surface area contributed by atoms with Crippen LogP contribution in [0.3, 0.4) is 0 Å². The topological polar surface area (TPSA) is 85.9 Å². The Hall–Kier alpha value is -1.51. The molecule has 0 atom stereocenters. The van der Waals surface area contributed by atoms with Crippen LogP contribution in [-0.2, 0) is 16.6 Å². The van der Waals surface area contributed by atoms with Crippen LogP contribution in [0.25, 0.3) is 0 Å². The van der Waals surface area contributed by atoms with Crippen molar-refractivity contribution in [3.8, 4) is 17.2 Å². The maximum Gasteiger partial charge on any atom is 0.212 e. The zero-order valence-electron chi connectivity index (χ0n) is 12.7. The van der Waals surface area contributed by atoms with Gasteiger partial charge in [0.25, 0.3) is 0 Å². The SMILES string of the molecule is CNS(=O)(=O)CCNCc1cc(OC)c(OC)cc1OC. The van der Waals surface area contributed by atoms with Crippen molar-refractivity contribution >= 4 is 10.0 Å². The number of rotatable bonds is 9. The second kappa shape index (κ2) is 8.06. The number of hydrogen-bond donors (Lipinski definition) is 2. The van der Waals surface area contributed by atoms with E-state index < -0.39 is 10.0 Å². The van der Waals surface area contributed by atoms with Crippen LogP contribution in [0.1, 0.15) is 5.56 Å². The number of nitrogens with one attached hydrogen (secondary N) is 2. The van der Waals surface area contributed by atoms with E-state index in [2.05, 4.69) is 10.0 Å². The molecule has 0 aliphatic carbocycles. The molecule has 1 aromatic rings. The normalized spacial score (nSPS) is 11.2. The molecule has 0 spiro atoms. The highest BCUT2D eigenvalue weighted by atomic mass is 32.2. The molecule has 0 aromatic heterocycles. The summed E-state index contributed by atoms with van der Waals surface area (Å²) in [5.41, 5.74) is 0.858. The minimum absolute atomic E-state index is 0.0130. The standard InChI is InChI=1S/C13H22N2O5S/c1-14-21(16,17)6-5-15-9-10-7-12(19-3)13(20-4)8-11(10)18-2/h7-8,14-15H,5-6,9H2,1-4H3. The van der Waals surface area contributed by atoms with Crippen LogP contribution < -0.4 is 24.2 Å². The van der Waals surface area contributed by atoms with Gasteiger partial charge in [-0.25, -0.2) is 13.1 Å². The zero-order chi connectivity index (χ0) is 15.9. The lowest BCUT2D eigenvalue weighted by Gasteiger charge is -2.14. The molecule has 0 heterocycles. The van der Waals surface area contributed by atoms with Crippen LogP contribution in [0.2, 0.25) is 0 Å². The zero-order valence-corrected chi connectivity index (χ0v) is 13.5. The smallest absolute Gasteiger partial charge is 0.212 e. The van der Waals surface area contributed by atoms with Crippen molar-refractivity contribution in [1.82, 2.24) is 10.0 Å². The molecule has 0 aliphatic rings. The second-order valence-corrected chi connectivity index (χ2v) is 6.26. The van der Waals surface area contributed by atoms with E-state index in [-0.39, 0.29) is 5.75 Å². The third-order valence-electron chi connectivity index (χ3n) is 2.96. The molecule has 0 fully saturated rings. The van der Waals surface area contributed by atoms with Crippen LogP contribution in [0.5, 0.6) is 17.2 Å². The molecule has 0 bridgehead atoms. The summed E-state index contributed by atoms with van der Waals surface area (Å²) >= 11 is 0. The number of hydrogen-bond acceptors (Lipinski definition) is 6. The summed E-state index contributed by atoms with van der Waals surface area (Å²) in [7, 11) is 2.87. The largest absolute Gasteiger partial charge is 0.496 e. The van der Waals surface area contributed by atoms with Gasteiger partial charge in [0.05, 0.1) is 27.1 Å². The van der Waals surface area contributed by atoms with Gasteiger partial charge in [-0.3, -0.25) is 0 Å². The summed E-state index contributed by atoms with van der Waals surface area (Å²) < 4.78 is 40.6. The predicted molar refractivity (Wildman–Crippen MR) is 80.7 cm³/mol. The average molecular weight is 318 g/mol. The van der Waals surface area contributed by atoms with Crippen LogP contribution >= 0.6 is 0 Å². The molecule has 21 heavy (non-hydrogen) atoms. The summed E-state index contributed by atoms with van der Waals surface area (Å²) in [6.45, 7) is 0.795. The molecule has 7 nitrogen and oxygen atoms in total. The molecule has 120 valence electrons. The molecule has 0 unspecified atom stereocenters. The van der Waals surface area contributed by atoms with E-state index in [1.807, 2.05) is 0 Å². The Bertz CT molecular complexity index is 560. The predicted octanol–water partition coefficient (Wildman–Crippen LogP) is 0.351. The van der Waals surface area contributed by atoms with Gasteiger partial charge in [-0.15, -0.1) is 0 Å². The van der Waals surface area contributed by atoms with Crippen molar-refractivity contribution in [2.24, 2.45) is 0 Å². The Morgan fingerprint density at radius 1 is 1.00 bits per heavy atom. The summed E-state index contributed by atoms with van der Waals surface area (Å²) in [5.74, 6) is 1.84. The van der Waals surface area contributed by atoms with Gasteiger partial charge in [-0.1, -0.05) is 0 Å². The Balaban J connectivity index is 2.74. The first-order valence-electron chi connectivity index (χ1n) is 6.38. The summed E-state index contributed by atoms with van der Waals surface area (Å²) in [6.07, 6.45) is 0. The van der Waals surface area contributed by atoms with E-state index in [0.717, 1.165) is 5.56 Å². The van der Waals surface area contributed by atoms with Crippen molar-refractivity contribution in [1.29, 1.82) is 0 Å². The number of methoxy groups -OCH3 is 3. The van der Waals surface area contributed by atoms with E-state index >= 15 is 0 Å². The Kier molecular flexibility index (Phi) is 6.73. The van der Waals surface area contributed by atoms with Crippen molar-refractivity contribution in [2.75, 3.05) is 40.7 Å². The van der Waals surface area contributed by atoms with E-state index in [1.54, 1.807) is 33.5 Å². The molecular weight excluding hydrogens is 296 g/mol. The fourth-order valence-electron chi connectivity index (χ4n) is 1.76. The molecule has 0 amide bonds. The first kappa shape index (κ1) is 17.5. The van der Waals surface area contributed by atoms with E-state index in [9.17, 15) is 8.42 Å². The first-order valence-corrected chi connectivity index (χ1v) is 8.03. The lowest BCUT2D eigenvalue weighted by atomic mass is 10.1. The minimum atomic E-state index is -3.20. The maximum absolute atomic E-state index is 11.3. The first-order chi connectivity index (χ1) is 9.97. The van der Waals surface area contributed by atoms with Gasteiger partial charge in [0.2, 0.25) is 10.0 Å². The van der Waals surface area contributed by atoms with Gasteiger partial charge in [-0.05, 0) is 13.1 Å². The average Bonchev–Trinajstić information content (AvgIpc) is 2.50. The molecule has 0 radical (unpaired) electrons. The molecular formula is C13H22N2O5S. The van der Waals surface area contributed by atoms with E-state index in [4.69, 9.17) is 14.2 Å². The molecule has 8 heteroatoms. The van der Waals surface area contributed by atoms with Gasteiger partial charge in [0.15, 0.2) is 11.5 Å². The number of sulfonamides is 1. The van der Waals surface area contributed by atoms with Crippen molar-refractivity contribution in [3.63, 3.8) is 0 Å². The molecule has 2 N–H and O–H groups in total. The fourth-order valence-corrected chi connectivity index (χ4v) is 2.38. The van der Waals surface area contributed by atoms with Gasteiger partial charge >= 0.3 is 0 Å². The minimum Gasteiger partial charge on any atom is -0.496 e. The molecule has 0 saturated heterocycles. The summed E-state index contributed by atoms with van der Waals surface area (Å²) in [5, 5.41) is 3.06. The van der Waals surface area contributed by atoms with Crippen LogP contribution in [0.15, 0.2) is 12.1 Å². The summed E-state index contributed by atoms with van der Waals surface area (Å²) in [6, 6.07) is 3.54. The molecule has 1 rings (SSSR count). The second-order valence-electron chi connectivity index (χ2n) is 4.22. The lowest BCUT2D eigenvalue weighted by Crippen LogP contribution is -2.29. The lowest BCUT2D eigenvalue weighted by molar-refractivity contribution is 0.347. The van der Waals surface area contributed by atoms with Gasteiger partial charge in [0, 0.05) is 24.7 Å². The number of benzene rings is 1. The van der Waals surface area contributed by atoms with Crippen LogP contribution in [-0.4, -0.2) is 49.1 Å². The third kappa shape index (κ3) is 5.07. The maximum atomic E-state index is 11.3. The Labute approximate surface area is 125 Å². The molecule has 0 aliphatic heterocycles. The van der Waals surface area contributed by atoms with Gasteiger partial charge < -0.3 is 19.5 Å².